The average molecular weight is 447 g/mol. The summed E-state index contributed by atoms with van der Waals surface area (Å²) in [5.74, 6) is -0.446. The van der Waals surface area contributed by atoms with Gasteiger partial charge in [-0.05, 0) is 54.1 Å². The minimum atomic E-state index is -0.631. The number of benzene rings is 2. The lowest BCUT2D eigenvalue weighted by atomic mass is 10.2. The van der Waals surface area contributed by atoms with Gasteiger partial charge in [-0.1, -0.05) is 27.7 Å². The van der Waals surface area contributed by atoms with Crippen LogP contribution in [0.2, 0.25) is 0 Å². The number of hydrogen-bond donors (Lipinski definition) is 2. The van der Waals surface area contributed by atoms with Crippen LogP contribution < -0.4 is 10.6 Å². The van der Waals surface area contributed by atoms with E-state index < -0.39 is 5.25 Å². The molecule has 27 heavy (non-hydrogen) atoms. The van der Waals surface area contributed by atoms with Crippen molar-refractivity contribution in [3.05, 3.63) is 58.6 Å². The molecule has 2 aromatic carbocycles. The number of phenolic OH excluding ortho intramolecular Hbond substituents is 1. The third-order valence-corrected chi connectivity index (χ3v) is 5.21. The molecule has 9 heteroatoms. The molecule has 2 aromatic rings. The maximum Gasteiger partial charge on any atom is 0.247 e. The molecule has 7 nitrogen and oxygen atoms in total. The van der Waals surface area contributed by atoms with E-state index in [-0.39, 0.29) is 29.2 Å². The number of amidine groups is 1. The van der Waals surface area contributed by atoms with E-state index in [0.29, 0.717) is 5.69 Å². The van der Waals surface area contributed by atoms with E-state index in [1.54, 1.807) is 36.4 Å². The smallest absolute Gasteiger partial charge is 0.247 e. The van der Waals surface area contributed by atoms with Crippen molar-refractivity contribution >= 4 is 56.6 Å². The Morgan fingerprint density at radius 3 is 2.52 bits per heavy atom. The van der Waals surface area contributed by atoms with Gasteiger partial charge in [0.15, 0.2) is 5.17 Å². The Morgan fingerprint density at radius 1 is 1.19 bits per heavy atom. The van der Waals surface area contributed by atoms with Gasteiger partial charge in [-0.15, -0.1) is 5.10 Å². The average Bonchev–Trinajstić information content (AvgIpc) is 2.91. The highest BCUT2D eigenvalue weighted by Crippen LogP contribution is 2.30. The number of aromatic hydroxyl groups is 1. The summed E-state index contributed by atoms with van der Waals surface area (Å²) >= 11 is 4.33. The molecule has 1 aliphatic rings. The summed E-state index contributed by atoms with van der Waals surface area (Å²) in [6, 6.07) is 13.3. The van der Waals surface area contributed by atoms with E-state index in [0.717, 1.165) is 26.7 Å². The van der Waals surface area contributed by atoms with Crippen molar-refractivity contribution < 1.29 is 14.7 Å². The Hall–Kier alpha value is -2.65. The van der Waals surface area contributed by atoms with Crippen LogP contribution in [0, 0.1) is 0 Å². The molecule has 3 N–H and O–H groups in total. The third-order valence-electron chi connectivity index (χ3n) is 3.71. The molecule has 2 amide bonds. The van der Waals surface area contributed by atoms with Crippen LogP contribution in [0.25, 0.3) is 0 Å². The van der Waals surface area contributed by atoms with Crippen molar-refractivity contribution in [1.82, 2.24) is 0 Å². The SMILES string of the molecule is NC(=NN=Cc1ccc(O)cc1)S[C@H]1CC(=O)N(c2ccc(Br)cc2)C1=O. The maximum absolute atomic E-state index is 12.6. The van der Waals surface area contributed by atoms with E-state index in [1.165, 1.54) is 18.3 Å². The Morgan fingerprint density at radius 2 is 1.85 bits per heavy atom. The molecular weight excluding hydrogens is 432 g/mol. The fraction of sp³-hybridized carbons (Fsp3) is 0.111. The van der Waals surface area contributed by atoms with Gasteiger partial charge in [0.25, 0.3) is 0 Å². The first-order valence-corrected chi connectivity index (χ1v) is 9.56. The van der Waals surface area contributed by atoms with Crippen molar-refractivity contribution in [2.75, 3.05) is 4.90 Å². The van der Waals surface area contributed by atoms with Gasteiger partial charge in [-0.3, -0.25) is 9.59 Å². The minimum Gasteiger partial charge on any atom is -0.508 e. The highest BCUT2D eigenvalue weighted by molar-refractivity contribution is 9.10. The van der Waals surface area contributed by atoms with E-state index in [4.69, 9.17) is 5.73 Å². The van der Waals surface area contributed by atoms with Crippen LogP contribution in [0.4, 0.5) is 5.69 Å². The molecule has 138 valence electrons. The molecule has 0 aliphatic carbocycles. The zero-order valence-electron chi connectivity index (χ0n) is 13.9. The predicted molar refractivity (Wildman–Crippen MR) is 110 cm³/mol. The van der Waals surface area contributed by atoms with Crippen molar-refractivity contribution in [1.29, 1.82) is 0 Å². The second-order valence-corrected chi connectivity index (χ2v) is 7.77. The van der Waals surface area contributed by atoms with Crippen molar-refractivity contribution in [2.24, 2.45) is 15.9 Å². The van der Waals surface area contributed by atoms with Gasteiger partial charge in [0.2, 0.25) is 11.8 Å². The summed E-state index contributed by atoms with van der Waals surface area (Å²) in [7, 11) is 0. The van der Waals surface area contributed by atoms with E-state index >= 15 is 0 Å². The van der Waals surface area contributed by atoms with Gasteiger partial charge in [-0.2, -0.15) is 5.10 Å². The van der Waals surface area contributed by atoms with Crippen LogP contribution in [0.1, 0.15) is 12.0 Å². The number of rotatable bonds is 4. The highest BCUT2D eigenvalue weighted by atomic mass is 79.9. The Kier molecular flexibility index (Phi) is 5.92. The molecule has 1 aliphatic heterocycles. The van der Waals surface area contributed by atoms with Crippen LogP contribution >= 0.6 is 27.7 Å². The second-order valence-electron chi connectivity index (χ2n) is 5.63. The van der Waals surface area contributed by atoms with Crippen LogP contribution in [0.3, 0.4) is 0 Å². The van der Waals surface area contributed by atoms with Gasteiger partial charge >= 0.3 is 0 Å². The molecule has 0 radical (unpaired) electrons. The van der Waals surface area contributed by atoms with Crippen LogP contribution in [0.15, 0.2) is 63.2 Å². The van der Waals surface area contributed by atoms with Crippen LogP contribution in [-0.4, -0.2) is 33.6 Å². The summed E-state index contributed by atoms with van der Waals surface area (Å²) in [5.41, 5.74) is 7.09. The second kappa shape index (κ2) is 8.36. The lowest BCUT2D eigenvalue weighted by Crippen LogP contribution is -2.31. The molecular formula is C18H15BrN4O3S. The quantitative estimate of drug-likeness (QED) is 0.324. The first-order chi connectivity index (χ1) is 12.9. The number of anilines is 1. The van der Waals surface area contributed by atoms with Gasteiger partial charge < -0.3 is 10.8 Å². The molecule has 0 spiro atoms. The van der Waals surface area contributed by atoms with E-state index in [9.17, 15) is 14.7 Å². The Labute approximate surface area is 168 Å². The summed E-state index contributed by atoms with van der Waals surface area (Å²) in [5, 5.41) is 16.4. The van der Waals surface area contributed by atoms with Gasteiger partial charge in [0.05, 0.1) is 11.9 Å². The summed E-state index contributed by atoms with van der Waals surface area (Å²) in [4.78, 5) is 26.0. The highest BCUT2D eigenvalue weighted by Gasteiger charge is 2.40. The molecule has 0 saturated carbocycles. The molecule has 1 heterocycles. The summed E-state index contributed by atoms with van der Waals surface area (Å²) in [6.07, 6.45) is 1.53. The lowest BCUT2D eigenvalue weighted by molar-refractivity contribution is -0.121. The normalized spacial score (nSPS) is 17.9. The third kappa shape index (κ3) is 4.75. The number of thioether (sulfide) groups is 1. The van der Waals surface area contributed by atoms with Crippen LogP contribution in [-0.2, 0) is 9.59 Å². The number of nitrogens with two attached hydrogens (primary N) is 1. The first-order valence-electron chi connectivity index (χ1n) is 7.88. The Bertz CT molecular complexity index is 913. The van der Waals surface area contributed by atoms with Crippen molar-refractivity contribution in [3.8, 4) is 5.75 Å². The van der Waals surface area contributed by atoms with Gasteiger partial charge in [0.1, 0.15) is 11.0 Å². The number of amides is 2. The van der Waals surface area contributed by atoms with E-state index in [1.807, 2.05) is 0 Å². The monoisotopic (exact) mass is 446 g/mol. The number of nitrogens with zero attached hydrogens (tertiary/aromatic N) is 3. The molecule has 1 atom stereocenters. The number of phenols is 1. The summed E-state index contributed by atoms with van der Waals surface area (Å²) < 4.78 is 0.860. The molecule has 0 aromatic heterocycles. The zero-order valence-corrected chi connectivity index (χ0v) is 16.4. The number of halogens is 1. The maximum atomic E-state index is 12.6. The van der Waals surface area contributed by atoms with Crippen LogP contribution in [0.5, 0.6) is 5.75 Å². The fourth-order valence-corrected chi connectivity index (χ4v) is 3.52. The number of carbonyl (C=O) groups excluding carboxylic acids is 2. The number of imide groups is 1. The predicted octanol–water partition coefficient (Wildman–Crippen LogP) is 2.87. The topological polar surface area (TPSA) is 108 Å². The fourth-order valence-electron chi connectivity index (χ4n) is 2.44. The summed E-state index contributed by atoms with van der Waals surface area (Å²) in [6.45, 7) is 0. The molecule has 1 fully saturated rings. The zero-order chi connectivity index (χ0) is 19.4. The first kappa shape index (κ1) is 19.1. The molecule has 0 bridgehead atoms. The standard InChI is InChI=1S/C18H15BrN4O3S/c19-12-3-5-13(6-4-12)23-16(25)9-15(17(23)26)27-18(20)22-21-10-11-1-7-14(24)8-2-11/h1-8,10,15,24H,9H2,(H2,20,22)/t15-/m0/s1. The molecule has 3 rings (SSSR count). The van der Waals surface area contributed by atoms with E-state index in [2.05, 4.69) is 26.1 Å². The molecule has 0 unspecified atom stereocenters. The van der Waals surface area contributed by atoms with Crippen molar-refractivity contribution in [2.45, 2.75) is 11.7 Å². The lowest BCUT2D eigenvalue weighted by Gasteiger charge is -2.14. The van der Waals surface area contributed by atoms with Gasteiger partial charge in [-0.25, -0.2) is 4.90 Å². The van der Waals surface area contributed by atoms with Crippen molar-refractivity contribution in [3.63, 3.8) is 0 Å². The minimum absolute atomic E-state index is 0.0530. The Balaban J connectivity index is 1.64. The number of carbonyl (C=O) groups is 2. The molecule has 1 saturated heterocycles. The largest absolute Gasteiger partial charge is 0.508 e. The number of hydrogen-bond acceptors (Lipinski definition) is 6. The van der Waals surface area contributed by atoms with Gasteiger partial charge in [0, 0.05) is 10.9 Å².